The van der Waals surface area contributed by atoms with Crippen molar-refractivity contribution in [1.82, 2.24) is 10.2 Å². The predicted molar refractivity (Wildman–Crippen MR) is 72.9 cm³/mol. The van der Waals surface area contributed by atoms with Crippen LogP contribution < -0.4 is 5.32 Å². The van der Waals surface area contributed by atoms with Crippen molar-refractivity contribution in [2.24, 2.45) is 5.41 Å². The van der Waals surface area contributed by atoms with Crippen LogP contribution in [0.2, 0.25) is 0 Å². The topological polar surface area (TPSA) is 32.3 Å². The van der Waals surface area contributed by atoms with Gasteiger partial charge in [0.2, 0.25) is 5.91 Å². The van der Waals surface area contributed by atoms with Gasteiger partial charge in [0, 0.05) is 19.5 Å². The van der Waals surface area contributed by atoms with Crippen molar-refractivity contribution in [3.05, 3.63) is 0 Å². The zero-order valence-electron chi connectivity index (χ0n) is 11.5. The number of amides is 1. The van der Waals surface area contributed by atoms with Crippen molar-refractivity contribution < 1.29 is 18.0 Å². The van der Waals surface area contributed by atoms with Gasteiger partial charge in [-0.1, -0.05) is 0 Å². The molecular weight excluding hydrogens is 293 g/mol. The maximum atomic E-state index is 12.1. The number of likely N-dealkylation sites (tertiary alicyclic amines) is 1. The van der Waals surface area contributed by atoms with E-state index in [9.17, 15) is 18.0 Å². The Hall–Kier alpha value is -0.490. The molecule has 3 nitrogen and oxygen atoms in total. The molecule has 2 saturated heterocycles. The molecule has 1 N–H and O–H groups in total. The minimum absolute atomic E-state index is 0. The van der Waals surface area contributed by atoms with E-state index in [4.69, 9.17) is 0 Å². The zero-order chi connectivity index (χ0) is 13.9. The standard InChI is InChI=1S/C13H21F3N2O.ClH/c14-13(15,16)2-1-11(19)18-9-5-12(6-10-18)3-7-17-8-4-12;/h17H,1-10H2;1H. The molecule has 20 heavy (non-hydrogen) atoms. The minimum atomic E-state index is -4.23. The van der Waals surface area contributed by atoms with Crippen LogP contribution in [0.5, 0.6) is 0 Å². The van der Waals surface area contributed by atoms with Crippen LogP contribution in [0.1, 0.15) is 38.5 Å². The average molecular weight is 315 g/mol. The van der Waals surface area contributed by atoms with Crippen molar-refractivity contribution in [2.45, 2.75) is 44.7 Å². The number of piperidine rings is 2. The number of rotatable bonds is 2. The Kier molecular flexibility index (Phi) is 6.13. The van der Waals surface area contributed by atoms with E-state index < -0.39 is 19.0 Å². The fourth-order valence-electron chi connectivity index (χ4n) is 3.09. The Bertz CT molecular complexity index is 320. The van der Waals surface area contributed by atoms with E-state index in [1.165, 1.54) is 0 Å². The molecule has 2 aliphatic rings. The van der Waals surface area contributed by atoms with Gasteiger partial charge < -0.3 is 10.2 Å². The molecule has 118 valence electrons. The highest BCUT2D eigenvalue weighted by molar-refractivity contribution is 5.85. The molecule has 2 rings (SSSR count). The van der Waals surface area contributed by atoms with E-state index in [2.05, 4.69) is 5.32 Å². The lowest BCUT2D eigenvalue weighted by atomic mass is 9.71. The molecule has 0 aromatic carbocycles. The van der Waals surface area contributed by atoms with E-state index >= 15 is 0 Å². The molecule has 0 aromatic rings. The third-order valence-corrected chi connectivity index (χ3v) is 4.46. The lowest BCUT2D eigenvalue weighted by Gasteiger charge is -2.44. The molecule has 0 bridgehead atoms. The smallest absolute Gasteiger partial charge is 0.343 e. The van der Waals surface area contributed by atoms with Gasteiger partial charge in [0.25, 0.3) is 0 Å². The van der Waals surface area contributed by atoms with Gasteiger partial charge in [0.1, 0.15) is 0 Å². The second kappa shape index (κ2) is 6.98. The lowest BCUT2D eigenvalue weighted by Crippen LogP contribution is -2.47. The number of hydrogen-bond acceptors (Lipinski definition) is 2. The highest BCUT2D eigenvalue weighted by atomic mass is 35.5. The van der Waals surface area contributed by atoms with Crippen LogP contribution in [0.15, 0.2) is 0 Å². The first kappa shape index (κ1) is 17.6. The number of carbonyl (C=O) groups excluding carboxylic acids is 1. The summed E-state index contributed by atoms with van der Waals surface area (Å²) in [5, 5.41) is 3.32. The summed E-state index contributed by atoms with van der Waals surface area (Å²) in [6.07, 6.45) is -1.52. The van der Waals surface area contributed by atoms with E-state index in [-0.39, 0.29) is 18.3 Å². The molecule has 0 atom stereocenters. The van der Waals surface area contributed by atoms with Crippen LogP contribution in [0.3, 0.4) is 0 Å². The van der Waals surface area contributed by atoms with Gasteiger partial charge >= 0.3 is 6.18 Å². The maximum Gasteiger partial charge on any atom is 0.389 e. The summed E-state index contributed by atoms with van der Waals surface area (Å²) >= 11 is 0. The Morgan fingerprint density at radius 1 is 1.10 bits per heavy atom. The van der Waals surface area contributed by atoms with Gasteiger partial charge in [-0.05, 0) is 44.2 Å². The fourth-order valence-corrected chi connectivity index (χ4v) is 3.09. The first-order valence-corrected chi connectivity index (χ1v) is 6.96. The summed E-state index contributed by atoms with van der Waals surface area (Å²) in [6, 6.07) is 0. The molecule has 1 amide bonds. The number of carbonyl (C=O) groups is 1. The molecule has 2 heterocycles. The molecule has 2 aliphatic heterocycles. The second-order valence-electron chi connectivity index (χ2n) is 5.75. The normalized spacial score (nSPS) is 22.4. The van der Waals surface area contributed by atoms with Crippen LogP contribution in [-0.2, 0) is 4.79 Å². The van der Waals surface area contributed by atoms with Crippen molar-refractivity contribution in [3.63, 3.8) is 0 Å². The highest BCUT2D eigenvalue weighted by Gasteiger charge is 2.37. The molecule has 0 unspecified atom stereocenters. The summed E-state index contributed by atoms with van der Waals surface area (Å²) < 4.78 is 36.3. The summed E-state index contributed by atoms with van der Waals surface area (Å²) in [6.45, 7) is 3.28. The Morgan fingerprint density at radius 2 is 1.65 bits per heavy atom. The minimum Gasteiger partial charge on any atom is -0.343 e. The molecule has 0 aromatic heterocycles. The second-order valence-corrected chi connectivity index (χ2v) is 5.75. The molecule has 0 radical (unpaired) electrons. The summed E-state index contributed by atoms with van der Waals surface area (Å²) in [5.74, 6) is -0.346. The van der Waals surface area contributed by atoms with Gasteiger partial charge in [-0.25, -0.2) is 0 Å². The van der Waals surface area contributed by atoms with Gasteiger partial charge in [-0.3, -0.25) is 4.79 Å². The third-order valence-electron chi connectivity index (χ3n) is 4.46. The van der Waals surface area contributed by atoms with E-state index in [1.807, 2.05) is 0 Å². The van der Waals surface area contributed by atoms with Gasteiger partial charge in [0.05, 0.1) is 6.42 Å². The maximum absolute atomic E-state index is 12.1. The average Bonchev–Trinajstić information content (AvgIpc) is 2.37. The predicted octanol–water partition coefficient (Wildman–Crippen LogP) is 2.74. The number of nitrogens with zero attached hydrogens (tertiary/aromatic N) is 1. The van der Waals surface area contributed by atoms with Crippen molar-refractivity contribution in [3.8, 4) is 0 Å². The SMILES string of the molecule is Cl.O=C(CCC(F)(F)F)N1CCC2(CCNCC2)CC1. The Morgan fingerprint density at radius 3 is 2.15 bits per heavy atom. The largest absolute Gasteiger partial charge is 0.389 e. The molecule has 0 aliphatic carbocycles. The number of hydrogen-bond donors (Lipinski definition) is 1. The van der Waals surface area contributed by atoms with Gasteiger partial charge in [-0.2, -0.15) is 13.2 Å². The van der Waals surface area contributed by atoms with Crippen LogP contribution in [0.4, 0.5) is 13.2 Å². The van der Waals surface area contributed by atoms with Gasteiger partial charge in [-0.15, -0.1) is 12.4 Å². The first-order valence-electron chi connectivity index (χ1n) is 6.96. The van der Waals surface area contributed by atoms with Crippen molar-refractivity contribution in [2.75, 3.05) is 26.2 Å². The molecule has 0 saturated carbocycles. The summed E-state index contributed by atoms with van der Waals surface area (Å²) in [5.41, 5.74) is 0.325. The molecule has 2 fully saturated rings. The lowest BCUT2D eigenvalue weighted by molar-refractivity contribution is -0.150. The van der Waals surface area contributed by atoms with E-state index in [0.29, 0.717) is 18.5 Å². The fraction of sp³-hybridized carbons (Fsp3) is 0.923. The quantitative estimate of drug-likeness (QED) is 0.850. The Labute approximate surface area is 123 Å². The molecular formula is C13H22ClF3N2O. The Balaban J connectivity index is 0.00000200. The summed E-state index contributed by atoms with van der Waals surface area (Å²) in [7, 11) is 0. The van der Waals surface area contributed by atoms with Crippen LogP contribution in [0, 0.1) is 5.41 Å². The van der Waals surface area contributed by atoms with Crippen molar-refractivity contribution >= 4 is 18.3 Å². The zero-order valence-corrected chi connectivity index (χ0v) is 12.3. The van der Waals surface area contributed by atoms with Crippen LogP contribution >= 0.6 is 12.4 Å². The summed E-state index contributed by atoms with van der Waals surface area (Å²) in [4.78, 5) is 13.3. The highest BCUT2D eigenvalue weighted by Crippen LogP contribution is 2.39. The number of halogens is 4. The van der Waals surface area contributed by atoms with E-state index in [0.717, 1.165) is 38.8 Å². The number of alkyl halides is 3. The first-order chi connectivity index (χ1) is 8.90. The van der Waals surface area contributed by atoms with Crippen LogP contribution in [0.25, 0.3) is 0 Å². The van der Waals surface area contributed by atoms with E-state index in [1.54, 1.807) is 4.90 Å². The third kappa shape index (κ3) is 4.81. The molecule has 7 heteroatoms. The van der Waals surface area contributed by atoms with Gasteiger partial charge in [0.15, 0.2) is 0 Å². The van der Waals surface area contributed by atoms with Crippen molar-refractivity contribution in [1.29, 1.82) is 0 Å². The van der Waals surface area contributed by atoms with Crippen LogP contribution in [-0.4, -0.2) is 43.2 Å². The number of nitrogens with one attached hydrogen (secondary N) is 1. The monoisotopic (exact) mass is 314 g/mol. The molecule has 1 spiro atoms.